The molecule has 0 radical (unpaired) electrons. The second kappa shape index (κ2) is 7.88. The van der Waals surface area contributed by atoms with Crippen LogP contribution in [0.4, 0.5) is 5.69 Å². The number of ether oxygens (including phenoxy) is 1. The van der Waals surface area contributed by atoms with Crippen molar-refractivity contribution in [3.8, 4) is 0 Å². The highest BCUT2D eigenvalue weighted by Crippen LogP contribution is 2.36. The van der Waals surface area contributed by atoms with E-state index in [2.05, 4.69) is 4.98 Å². The summed E-state index contributed by atoms with van der Waals surface area (Å²) in [4.78, 5) is 37.7. The summed E-state index contributed by atoms with van der Waals surface area (Å²) in [7, 11) is 0. The maximum atomic E-state index is 11.4. The Labute approximate surface area is 145 Å². The Hall–Kier alpha value is -2.46. The molecule has 2 aromatic rings. The molecule has 0 bridgehead atoms. The number of nitro benzene ring substituents is 1. The van der Waals surface area contributed by atoms with E-state index < -0.39 is 10.8 Å². The molecule has 0 aliphatic heterocycles. The lowest BCUT2D eigenvalue weighted by molar-refractivity contribution is -0.387. The van der Waals surface area contributed by atoms with Crippen LogP contribution in [-0.4, -0.2) is 28.4 Å². The lowest BCUT2D eigenvalue weighted by atomic mass is 10.2. The third kappa shape index (κ3) is 4.52. The number of nitrogens with two attached hydrogens (primary N) is 1. The van der Waals surface area contributed by atoms with Gasteiger partial charge in [-0.1, -0.05) is 11.8 Å². The zero-order valence-electron chi connectivity index (χ0n) is 12.6. The van der Waals surface area contributed by atoms with E-state index in [9.17, 15) is 19.7 Å². The van der Waals surface area contributed by atoms with Crippen molar-refractivity contribution in [2.45, 2.75) is 22.6 Å². The second-order valence-electron chi connectivity index (χ2n) is 4.49. The molecule has 0 saturated carbocycles. The number of primary amides is 1. The average Bonchev–Trinajstić information content (AvgIpc) is 2.94. The Bertz CT molecular complexity index is 790. The van der Waals surface area contributed by atoms with Crippen LogP contribution in [0.5, 0.6) is 0 Å². The van der Waals surface area contributed by atoms with Crippen molar-refractivity contribution in [3.63, 3.8) is 0 Å². The van der Waals surface area contributed by atoms with Crippen LogP contribution in [0.2, 0.25) is 0 Å². The molecule has 0 aliphatic carbocycles. The highest BCUT2D eigenvalue weighted by molar-refractivity contribution is 8.01. The van der Waals surface area contributed by atoms with Crippen molar-refractivity contribution >= 4 is 40.7 Å². The molecule has 126 valence electrons. The minimum atomic E-state index is -0.736. The van der Waals surface area contributed by atoms with Gasteiger partial charge in [-0.25, -0.2) is 4.98 Å². The van der Waals surface area contributed by atoms with Crippen molar-refractivity contribution < 1.29 is 19.2 Å². The van der Waals surface area contributed by atoms with Crippen LogP contribution in [-0.2, 0) is 16.0 Å². The predicted octanol–water partition coefficient (Wildman–Crippen LogP) is 2.41. The van der Waals surface area contributed by atoms with Crippen molar-refractivity contribution in [1.29, 1.82) is 0 Å². The molecule has 0 aliphatic rings. The fourth-order valence-corrected chi connectivity index (χ4v) is 3.64. The van der Waals surface area contributed by atoms with Crippen molar-refractivity contribution in [1.82, 2.24) is 4.98 Å². The zero-order valence-corrected chi connectivity index (χ0v) is 14.2. The van der Waals surface area contributed by atoms with Crippen LogP contribution >= 0.6 is 23.1 Å². The lowest BCUT2D eigenvalue weighted by Crippen LogP contribution is -2.11. The average molecular weight is 367 g/mol. The summed E-state index contributed by atoms with van der Waals surface area (Å²) >= 11 is 2.35. The summed E-state index contributed by atoms with van der Waals surface area (Å²) in [5, 5.41) is 12.9. The largest absolute Gasteiger partial charge is 0.466 e. The number of nitrogens with zero attached hydrogens (tertiary/aromatic N) is 2. The monoisotopic (exact) mass is 367 g/mol. The summed E-state index contributed by atoms with van der Waals surface area (Å²) < 4.78 is 5.39. The normalized spacial score (nSPS) is 10.4. The minimum Gasteiger partial charge on any atom is -0.466 e. The van der Waals surface area contributed by atoms with Gasteiger partial charge in [-0.05, 0) is 19.1 Å². The van der Waals surface area contributed by atoms with E-state index >= 15 is 0 Å². The number of aromatic nitrogens is 1. The van der Waals surface area contributed by atoms with Gasteiger partial charge in [-0.2, -0.15) is 0 Å². The number of rotatable bonds is 7. The Balaban J connectivity index is 2.19. The standard InChI is InChI=1S/C14H13N3O5S2/c1-2-22-12(18)6-9-7-23-14(16-9)24-11-4-3-8(13(15)19)5-10(11)17(20)21/h3-5,7H,2,6H2,1H3,(H2,15,19). The number of carbonyl (C=O) groups is 2. The molecule has 24 heavy (non-hydrogen) atoms. The smallest absolute Gasteiger partial charge is 0.311 e. The summed E-state index contributed by atoms with van der Waals surface area (Å²) in [6.45, 7) is 2.01. The molecule has 8 nitrogen and oxygen atoms in total. The second-order valence-corrected chi connectivity index (χ2v) is 6.64. The summed E-state index contributed by atoms with van der Waals surface area (Å²) in [5.74, 6) is -1.11. The topological polar surface area (TPSA) is 125 Å². The molecular formula is C14H13N3O5S2. The molecule has 0 unspecified atom stereocenters. The third-order valence-corrected chi connectivity index (χ3v) is 4.85. The fraction of sp³-hybridized carbons (Fsp3) is 0.214. The van der Waals surface area contributed by atoms with Crippen LogP contribution in [0.1, 0.15) is 23.0 Å². The van der Waals surface area contributed by atoms with Gasteiger partial charge in [0.15, 0.2) is 4.34 Å². The van der Waals surface area contributed by atoms with Crippen LogP contribution in [0.15, 0.2) is 32.8 Å². The van der Waals surface area contributed by atoms with Crippen LogP contribution in [0.25, 0.3) is 0 Å². The first kappa shape index (κ1) is 17.9. The number of esters is 1. The van der Waals surface area contributed by atoms with E-state index in [1.807, 2.05) is 0 Å². The summed E-state index contributed by atoms with van der Waals surface area (Å²) in [6, 6.07) is 4.01. The molecule has 0 spiro atoms. The van der Waals surface area contributed by atoms with Crippen LogP contribution in [0.3, 0.4) is 0 Å². The van der Waals surface area contributed by atoms with Gasteiger partial charge in [-0.3, -0.25) is 19.7 Å². The van der Waals surface area contributed by atoms with E-state index in [-0.39, 0.29) is 23.6 Å². The first-order valence-electron chi connectivity index (χ1n) is 6.76. The fourth-order valence-electron chi connectivity index (χ4n) is 1.77. The van der Waals surface area contributed by atoms with E-state index in [0.717, 1.165) is 17.8 Å². The molecule has 1 aromatic carbocycles. The van der Waals surface area contributed by atoms with Crippen molar-refractivity contribution in [3.05, 3.63) is 45.0 Å². The number of amides is 1. The van der Waals surface area contributed by atoms with E-state index in [1.54, 1.807) is 12.3 Å². The zero-order chi connectivity index (χ0) is 17.7. The molecule has 2 rings (SSSR count). The van der Waals surface area contributed by atoms with Gasteiger partial charge < -0.3 is 10.5 Å². The summed E-state index contributed by atoms with van der Waals surface area (Å²) in [6.07, 6.45) is 0.0492. The van der Waals surface area contributed by atoms with Gasteiger partial charge in [0, 0.05) is 17.0 Å². The van der Waals surface area contributed by atoms with Gasteiger partial charge in [0.1, 0.15) is 0 Å². The molecule has 2 N–H and O–H groups in total. The van der Waals surface area contributed by atoms with Crippen LogP contribution in [0, 0.1) is 10.1 Å². The lowest BCUT2D eigenvalue weighted by Gasteiger charge is -2.02. The number of carbonyl (C=O) groups excluding carboxylic acids is 2. The van der Waals surface area contributed by atoms with Gasteiger partial charge in [0.25, 0.3) is 5.69 Å². The quantitative estimate of drug-likeness (QED) is 0.452. The van der Waals surface area contributed by atoms with Gasteiger partial charge in [0.2, 0.25) is 5.91 Å². The molecule has 1 aromatic heterocycles. The Morgan fingerprint density at radius 2 is 2.21 bits per heavy atom. The SMILES string of the molecule is CCOC(=O)Cc1csc(Sc2ccc(C(N)=O)cc2[N+](=O)[O-])n1. The first-order valence-corrected chi connectivity index (χ1v) is 8.46. The van der Waals surface area contributed by atoms with Crippen molar-refractivity contribution in [2.75, 3.05) is 6.61 Å². The number of hydrogen-bond donors (Lipinski definition) is 1. The minimum absolute atomic E-state index is 0.0492. The molecule has 0 fully saturated rings. The number of benzene rings is 1. The highest BCUT2D eigenvalue weighted by Gasteiger charge is 2.19. The number of hydrogen-bond acceptors (Lipinski definition) is 8. The maximum absolute atomic E-state index is 11.4. The first-order chi connectivity index (χ1) is 11.4. The summed E-state index contributed by atoms with van der Waals surface area (Å²) in [5.41, 5.74) is 5.52. The maximum Gasteiger partial charge on any atom is 0.311 e. The molecule has 1 amide bonds. The predicted molar refractivity (Wildman–Crippen MR) is 88.2 cm³/mol. The molecular weight excluding hydrogens is 354 g/mol. The molecule has 0 saturated heterocycles. The third-order valence-electron chi connectivity index (χ3n) is 2.80. The Morgan fingerprint density at radius 3 is 2.83 bits per heavy atom. The Morgan fingerprint density at radius 1 is 1.46 bits per heavy atom. The molecule has 10 heteroatoms. The van der Waals surface area contributed by atoms with E-state index in [0.29, 0.717) is 21.5 Å². The highest BCUT2D eigenvalue weighted by atomic mass is 32.2. The van der Waals surface area contributed by atoms with E-state index in [1.165, 1.54) is 23.5 Å². The van der Waals surface area contributed by atoms with Gasteiger partial charge >= 0.3 is 5.97 Å². The molecule has 1 heterocycles. The van der Waals surface area contributed by atoms with Gasteiger partial charge in [0.05, 0.1) is 28.5 Å². The number of nitro groups is 1. The Kier molecular flexibility index (Phi) is 5.88. The molecule has 0 atom stereocenters. The number of thiazole rings is 1. The van der Waals surface area contributed by atoms with Gasteiger partial charge in [-0.15, -0.1) is 11.3 Å². The van der Waals surface area contributed by atoms with Crippen molar-refractivity contribution in [2.24, 2.45) is 5.73 Å². The van der Waals surface area contributed by atoms with Crippen LogP contribution < -0.4 is 5.73 Å². The van der Waals surface area contributed by atoms with E-state index in [4.69, 9.17) is 10.5 Å².